The number of aromatic nitrogens is 2. The quantitative estimate of drug-likeness (QED) is 0.916. The van der Waals surface area contributed by atoms with Crippen molar-refractivity contribution in [2.75, 3.05) is 0 Å². The van der Waals surface area contributed by atoms with Crippen LogP contribution in [-0.2, 0) is 5.66 Å². The lowest BCUT2D eigenvalue weighted by Gasteiger charge is -2.36. The minimum atomic E-state index is -0.401. The van der Waals surface area contributed by atoms with Crippen LogP contribution in [0.25, 0.3) is 5.70 Å². The fourth-order valence-electron chi connectivity index (χ4n) is 2.75. The van der Waals surface area contributed by atoms with Gasteiger partial charge in [0, 0.05) is 36.6 Å². The van der Waals surface area contributed by atoms with E-state index in [1.807, 2.05) is 48.9 Å². The highest BCUT2D eigenvalue weighted by Gasteiger charge is 2.41. The van der Waals surface area contributed by atoms with Crippen molar-refractivity contribution in [3.63, 3.8) is 0 Å². The molecule has 1 atom stereocenters. The predicted molar refractivity (Wildman–Crippen MR) is 81.8 cm³/mol. The Kier molecular flexibility index (Phi) is 2.47. The van der Waals surface area contributed by atoms with Crippen molar-refractivity contribution in [2.24, 2.45) is 5.10 Å². The average molecular weight is 277 g/mol. The van der Waals surface area contributed by atoms with E-state index in [1.165, 1.54) is 0 Å². The van der Waals surface area contributed by atoms with E-state index in [2.05, 4.69) is 38.0 Å². The second kappa shape index (κ2) is 4.34. The molecule has 104 valence electrons. The van der Waals surface area contributed by atoms with Gasteiger partial charge in [-0.05, 0) is 43.3 Å². The summed E-state index contributed by atoms with van der Waals surface area (Å²) < 4.78 is 2.06. The van der Waals surface area contributed by atoms with Crippen LogP contribution in [0.3, 0.4) is 0 Å². The third-order valence-corrected chi connectivity index (χ3v) is 3.93. The summed E-state index contributed by atoms with van der Waals surface area (Å²) in [5.41, 5.74) is 5.03. The van der Waals surface area contributed by atoms with Crippen LogP contribution < -0.4 is 5.43 Å². The Bertz CT molecular complexity index is 742. The van der Waals surface area contributed by atoms with Gasteiger partial charge in [-0.3, -0.25) is 10.4 Å². The van der Waals surface area contributed by atoms with Crippen LogP contribution in [0.5, 0.6) is 0 Å². The first-order valence-corrected chi connectivity index (χ1v) is 6.86. The molecule has 4 rings (SSSR count). The second-order valence-corrected chi connectivity index (χ2v) is 5.21. The maximum atomic E-state index is 4.56. The molecule has 4 heterocycles. The molecule has 2 aromatic heterocycles. The fourth-order valence-corrected chi connectivity index (χ4v) is 2.75. The normalized spacial score (nSPS) is 23.4. The molecule has 5 heteroatoms. The Labute approximate surface area is 122 Å². The first-order valence-electron chi connectivity index (χ1n) is 6.86. The lowest BCUT2D eigenvalue weighted by atomic mass is 10.0. The third-order valence-electron chi connectivity index (χ3n) is 3.93. The summed E-state index contributed by atoms with van der Waals surface area (Å²) >= 11 is 0. The number of nitrogens with one attached hydrogen (secondary N) is 1. The highest BCUT2D eigenvalue weighted by molar-refractivity contribution is 6.19. The van der Waals surface area contributed by atoms with Crippen molar-refractivity contribution in [1.82, 2.24) is 19.9 Å². The van der Waals surface area contributed by atoms with Crippen LogP contribution in [0.2, 0.25) is 0 Å². The van der Waals surface area contributed by atoms with E-state index >= 15 is 0 Å². The molecule has 2 aliphatic rings. The number of amidine groups is 1. The first kappa shape index (κ1) is 12.0. The Morgan fingerprint density at radius 3 is 2.67 bits per heavy atom. The second-order valence-electron chi connectivity index (χ2n) is 5.21. The number of fused-ring (bicyclic) bond motifs is 1. The van der Waals surface area contributed by atoms with Crippen LogP contribution in [0, 0.1) is 0 Å². The van der Waals surface area contributed by atoms with Gasteiger partial charge in [-0.25, -0.2) is 0 Å². The lowest BCUT2D eigenvalue weighted by Crippen LogP contribution is -2.47. The molecule has 2 aliphatic heterocycles. The molecule has 1 N–H and O–H groups in total. The van der Waals surface area contributed by atoms with Crippen LogP contribution in [0.1, 0.15) is 12.5 Å². The lowest BCUT2D eigenvalue weighted by molar-refractivity contribution is 0.234. The summed E-state index contributed by atoms with van der Waals surface area (Å²) in [6.45, 7) is 2.11. The number of nitrogens with zero attached hydrogens (tertiary/aromatic N) is 4. The van der Waals surface area contributed by atoms with Gasteiger partial charge in [0.2, 0.25) is 0 Å². The zero-order valence-corrected chi connectivity index (χ0v) is 11.6. The van der Waals surface area contributed by atoms with Gasteiger partial charge in [0.25, 0.3) is 0 Å². The molecule has 21 heavy (non-hydrogen) atoms. The van der Waals surface area contributed by atoms with Gasteiger partial charge in [-0.2, -0.15) is 5.10 Å². The summed E-state index contributed by atoms with van der Waals surface area (Å²) in [7, 11) is 0. The van der Waals surface area contributed by atoms with Crippen molar-refractivity contribution >= 4 is 11.5 Å². The summed E-state index contributed by atoms with van der Waals surface area (Å²) in [6, 6.07) is 8.03. The van der Waals surface area contributed by atoms with Crippen molar-refractivity contribution in [1.29, 1.82) is 0 Å². The number of allylic oxidation sites excluding steroid dienone is 2. The smallest absolute Gasteiger partial charge is 0.179 e. The van der Waals surface area contributed by atoms with E-state index in [-0.39, 0.29) is 0 Å². The number of hydrazone groups is 1. The number of hydrogen-bond donors (Lipinski definition) is 1. The summed E-state index contributed by atoms with van der Waals surface area (Å²) in [6.07, 6.45) is 13.8. The third kappa shape index (κ3) is 1.71. The highest BCUT2D eigenvalue weighted by Crippen LogP contribution is 2.34. The maximum absolute atomic E-state index is 4.56. The SMILES string of the molecule is CC1(c2ccncc2)NN=C2C(n3cccc3)=CC=CN21. The van der Waals surface area contributed by atoms with Gasteiger partial charge in [-0.15, -0.1) is 0 Å². The molecule has 0 amide bonds. The molecular weight excluding hydrogens is 262 g/mol. The molecule has 0 bridgehead atoms. The highest BCUT2D eigenvalue weighted by atomic mass is 15.6. The molecule has 0 radical (unpaired) electrons. The molecule has 2 aromatic rings. The zero-order valence-electron chi connectivity index (χ0n) is 11.6. The topological polar surface area (TPSA) is 45.5 Å². The fraction of sp³-hybridized carbons (Fsp3) is 0.125. The van der Waals surface area contributed by atoms with E-state index in [0.717, 1.165) is 17.1 Å². The van der Waals surface area contributed by atoms with Crippen LogP contribution >= 0.6 is 0 Å². The molecule has 0 saturated heterocycles. The van der Waals surface area contributed by atoms with Crippen LogP contribution in [0.4, 0.5) is 0 Å². The van der Waals surface area contributed by atoms with Crippen molar-refractivity contribution < 1.29 is 0 Å². The molecule has 0 saturated carbocycles. The maximum Gasteiger partial charge on any atom is 0.179 e. The van der Waals surface area contributed by atoms with Crippen molar-refractivity contribution in [2.45, 2.75) is 12.6 Å². The number of hydrogen-bond acceptors (Lipinski definition) is 4. The van der Waals surface area contributed by atoms with E-state index in [0.29, 0.717) is 0 Å². The molecule has 0 fully saturated rings. The van der Waals surface area contributed by atoms with Gasteiger partial charge >= 0.3 is 0 Å². The molecule has 1 unspecified atom stereocenters. The van der Waals surface area contributed by atoms with Crippen molar-refractivity contribution in [3.8, 4) is 0 Å². The predicted octanol–water partition coefficient (Wildman–Crippen LogP) is 2.34. The van der Waals surface area contributed by atoms with Crippen molar-refractivity contribution in [3.05, 3.63) is 73.0 Å². The van der Waals surface area contributed by atoms with Gasteiger partial charge in [0.1, 0.15) is 0 Å². The minimum Gasteiger partial charge on any atom is -0.321 e. The van der Waals surface area contributed by atoms with Gasteiger partial charge < -0.3 is 9.47 Å². The minimum absolute atomic E-state index is 0.401. The van der Waals surface area contributed by atoms with Gasteiger partial charge in [-0.1, -0.05) is 0 Å². The Balaban J connectivity index is 1.75. The van der Waals surface area contributed by atoms with Crippen LogP contribution in [0.15, 0.2) is 72.5 Å². The Hall–Kier alpha value is -2.82. The molecule has 0 aromatic carbocycles. The Morgan fingerprint density at radius 2 is 1.90 bits per heavy atom. The monoisotopic (exact) mass is 277 g/mol. The average Bonchev–Trinajstić information content (AvgIpc) is 3.17. The largest absolute Gasteiger partial charge is 0.321 e. The van der Waals surface area contributed by atoms with Gasteiger partial charge in [0.15, 0.2) is 11.5 Å². The van der Waals surface area contributed by atoms with E-state index < -0.39 is 5.66 Å². The molecule has 0 spiro atoms. The molecule has 0 aliphatic carbocycles. The molecule has 5 nitrogen and oxygen atoms in total. The number of rotatable bonds is 2. The number of pyridine rings is 1. The molecular formula is C16H15N5. The van der Waals surface area contributed by atoms with Crippen LogP contribution in [-0.4, -0.2) is 20.3 Å². The zero-order chi connectivity index (χ0) is 14.3. The standard InChI is InChI=1S/C16H15N5/c1-16(13-6-8-17-9-7-13)19-18-15-14(5-4-12-21(15)16)20-10-2-3-11-20/h2-12,19H,1H3. The summed E-state index contributed by atoms with van der Waals surface area (Å²) in [5, 5.41) is 4.56. The Morgan fingerprint density at radius 1 is 1.14 bits per heavy atom. The van der Waals surface area contributed by atoms with E-state index in [1.54, 1.807) is 12.4 Å². The summed E-state index contributed by atoms with van der Waals surface area (Å²) in [5.74, 6) is 0.910. The van der Waals surface area contributed by atoms with E-state index in [4.69, 9.17) is 0 Å². The summed E-state index contributed by atoms with van der Waals surface area (Å²) in [4.78, 5) is 6.24. The van der Waals surface area contributed by atoms with E-state index in [9.17, 15) is 0 Å². The first-order chi connectivity index (χ1) is 10.3. The van der Waals surface area contributed by atoms with Gasteiger partial charge in [0.05, 0.1) is 5.70 Å².